The van der Waals surface area contributed by atoms with Crippen LogP contribution in [0, 0.1) is 5.92 Å². The fraction of sp³-hybridized carbons (Fsp3) is 0.375. The lowest BCUT2D eigenvalue weighted by atomic mass is 10.0. The largest absolute Gasteiger partial charge is 0.359 e. The first-order chi connectivity index (χ1) is 11.4. The topological polar surface area (TPSA) is 114 Å². The summed E-state index contributed by atoms with van der Waals surface area (Å²) in [6.07, 6.45) is 3.34. The average molecular weight is 331 g/mol. The Kier molecular flexibility index (Phi) is 5.51. The quantitative estimate of drug-likeness (QED) is 0.830. The molecule has 24 heavy (non-hydrogen) atoms. The Labute approximate surface area is 140 Å². The predicted molar refractivity (Wildman–Crippen MR) is 87.6 cm³/mol. The van der Waals surface area contributed by atoms with Crippen LogP contribution in [0.25, 0.3) is 11.3 Å². The third kappa shape index (κ3) is 4.31. The molecule has 0 radical (unpaired) electrons. The molecule has 128 valence electrons. The van der Waals surface area contributed by atoms with Crippen LogP contribution in [0.2, 0.25) is 0 Å². The van der Waals surface area contributed by atoms with Gasteiger partial charge in [0.15, 0.2) is 5.76 Å². The van der Waals surface area contributed by atoms with E-state index >= 15 is 0 Å². The first-order valence-electron chi connectivity index (χ1n) is 7.55. The minimum atomic E-state index is -0.727. The van der Waals surface area contributed by atoms with E-state index in [0.717, 1.165) is 5.56 Å². The number of hydrogen-bond donors (Lipinski definition) is 2. The van der Waals surface area contributed by atoms with Gasteiger partial charge in [-0.25, -0.2) is 4.79 Å². The lowest BCUT2D eigenvalue weighted by Gasteiger charge is -2.25. The van der Waals surface area contributed by atoms with E-state index in [9.17, 15) is 9.59 Å². The van der Waals surface area contributed by atoms with Crippen molar-refractivity contribution in [2.45, 2.75) is 26.4 Å². The highest BCUT2D eigenvalue weighted by molar-refractivity contribution is 5.86. The smallest absolute Gasteiger partial charge is 0.312 e. The minimum absolute atomic E-state index is 0.0884. The maximum Gasteiger partial charge on any atom is 0.312 e. The molecule has 0 unspecified atom stereocenters. The van der Waals surface area contributed by atoms with Crippen molar-refractivity contribution in [2.75, 3.05) is 7.05 Å². The number of carbonyl (C=O) groups is 2. The van der Waals surface area contributed by atoms with Crippen LogP contribution >= 0.6 is 0 Å². The summed E-state index contributed by atoms with van der Waals surface area (Å²) < 4.78 is 5.28. The molecule has 0 aliphatic carbocycles. The fourth-order valence-corrected chi connectivity index (χ4v) is 2.26. The number of pyridine rings is 1. The summed E-state index contributed by atoms with van der Waals surface area (Å²) >= 11 is 0. The first-order valence-corrected chi connectivity index (χ1v) is 7.55. The lowest BCUT2D eigenvalue weighted by Crippen LogP contribution is -2.51. The van der Waals surface area contributed by atoms with E-state index in [1.807, 2.05) is 26.0 Å². The molecule has 0 saturated carbocycles. The number of likely N-dealkylation sites (N-methyl/N-ethyl adjacent to an activating group) is 1. The Bertz CT molecular complexity index is 699. The number of primary amides is 1. The molecule has 1 atom stereocenters. The van der Waals surface area contributed by atoms with Crippen molar-refractivity contribution in [3.63, 3.8) is 0 Å². The predicted octanol–water partition coefficient (Wildman–Crippen LogP) is 1.39. The summed E-state index contributed by atoms with van der Waals surface area (Å²) in [5, 5.41) is 6.47. The summed E-state index contributed by atoms with van der Waals surface area (Å²) in [7, 11) is 1.63. The molecule has 0 bridgehead atoms. The van der Waals surface area contributed by atoms with Crippen LogP contribution in [0.3, 0.4) is 0 Å². The van der Waals surface area contributed by atoms with Crippen LogP contribution in [0.15, 0.2) is 35.1 Å². The number of hydrogen-bond acceptors (Lipinski definition) is 5. The van der Waals surface area contributed by atoms with Gasteiger partial charge in [0.2, 0.25) is 5.91 Å². The Hall–Kier alpha value is -2.90. The normalized spacial score (nSPS) is 12.0. The number of rotatable bonds is 6. The molecule has 3 N–H and O–H groups in total. The number of nitrogens with one attached hydrogen (secondary N) is 1. The van der Waals surface area contributed by atoms with Crippen molar-refractivity contribution < 1.29 is 14.1 Å². The molecule has 0 aliphatic heterocycles. The van der Waals surface area contributed by atoms with Crippen molar-refractivity contribution in [3.8, 4) is 11.3 Å². The van der Waals surface area contributed by atoms with Crippen LogP contribution in [0.4, 0.5) is 4.79 Å². The molecule has 8 heteroatoms. The third-order valence-electron chi connectivity index (χ3n) is 3.53. The van der Waals surface area contributed by atoms with Gasteiger partial charge in [0, 0.05) is 31.1 Å². The van der Waals surface area contributed by atoms with Crippen molar-refractivity contribution in [3.05, 3.63) is 36.4 Å². The van der Waals surface area contributed by atoms with Crippen molar-refractivity contribution in [1.29, 1.82) is 0 Å². The van der Waals surface area contributed by atoms with Gasteiger partial charge in [0.05, 0.1) is 6.54 Å². The summed E-state index contributed by atoms with van der Waals surface area (Å²) in [4.78, 5) is 29.0. The molecule has 2 rings (SSSR count). The number of carbonyl (C=O) groups excluding carboxylic acids is 2. The zero-order valence-corrected chi connectivity index (χ0v) is 13.9. The fourth-order valence-electron chi connectivity index (χ4n) is 2.26. The highest BCUT2D eigenvalue weighted by Crippen LogP contribution is 2.19. The summed E-state index contributed by atoms with van der Waals surface area (Å²) in [5.41, 5.74) is 6.68. The minimum Gasteiger partial charge on any atom is -0.359 e. The van der Waals surface area contributed by atoms with E-state index in [1.54, 1.807) is 25.5 Å². The molecule has 2 aromatic rings. The van der Waals surface area contributed by atoms with Crippen LogP contribution in [-0.2, 0) is 11.3 Å². The van der Waals surface area contributed by atoms with Crippen molar-refractivity contribution in [2.24, 2.45) is 11.7 Å². The molecule has 0 saturated heterocycles. The second-order valence-electron chi connectivity index (χ2n) is 5.84. The van der Waals surface area contributed by atoms with E-state index in [1.165, 1.54) is 4.90 Å². The Morgan fingerprint density at radius 2 is 2.00 bits per heavy atom. The number of nitrogens with two attached hydrogens (primary N) is 1. The van der Waals surface area contributed by atoms with Gasteiger partial charge in [-0.1, -0.05) is 19.0 Å². The molecule has 0 spiro atoms. The molecule has 2 heterocycles. The van der Waals surface area contributed by atoms with Gasteiger partial charge in [0.1, 0.15) is 11.7 Å². The summed E-state index contributed by atoms with van der Waals surface area (Å²) in [5.74, 6) is 0.208. The molecular weight excluding hydrogens is 310 g/mol. The molecule has 0 aromatic carbocycles. The standard InChI is InChI=1S/C16H21N5O3/c1-10(2)14(19-16(17)23)15(22)21(3)9-12-8-13(20-24-12)11-4-6-18-7-5-11/h4-8,10,14H,9H2,1-3H3,(H3,17,19,23)/t14-/m0/s1. The van der Waals surface area contributed by atoms with E-state index in [2.05, 4.69) is 15.5 Å². The highest BCUT2D eigenvalue weighted by Gasteiger charge is 2.27. The van der Waals surface area contributed by atoms with Gasteiger partial charge < -0.3 is 20.5 Å². The van der Waals surface area contributed by atoms with E-state index in [0.29, 0.717) is 11.5 Å². The third-order valence-corrected chi connectivity index (χ3v) is 3.53. The number of nitrogens with zero attached hydrogens (tertiary/aromatic N) is 3. The number of urea groups is 1. The number of aromatic nitrogens is 2. The van der Waals surface area contributed by atoms with Gasteiger partial charge in [-0.15, -0.1) is 0 Å². The monoisotopic (exact) mass is 331 g/mol. The molecule has 2 aromatic heterocycles. The maximum absolute atomic E-state index is 12.5. The lowest BCUT2D eigenvalue weighted by molar-refractivity contribution is -0.133. The van der Waals surface area contributed by atoms with Crippen LogP contribution in [-0.4, -0.2) is 40.1 Å². The first kappa shape index (κ1) is 17.5. The van der Waals surface area contributed by atoms with Gasteiger partial charge >= 0.3 is 6.03 Å². The van der Waals surface area contributed by atoms with E-state index in [-0.39, 0.29) is 18.4 Å². The van der Waals surface area contributed by atoms with Gasteiger partial charge in [-0.3, -0.25) is 9.78 Å². The van der Waals surface area contributed by atoms with Crippen LogP contribution in [0.1, 0.15) is 19.6 Å². The van der Waals surface area contributed by atoms with Gasteiger partial charge in [-0.2, -0.15) is 0 Å². The molecular formula is C16H21N5O3. The number of amides is 3. The molecule has 0 fully saturated rings. The van der Waals surface area contributed by atoms with Crippen LogP contribution < -0.4 is 11.1 Å². The van der Waals surface area contributed by atoms with Gasteiger partial charge in [0.25, 0.3) is 0 Å². The van der Waals surface area contributed by atoms with Crippen molar-refractivity contribution in [1.82, 2.24) is 20.4 Å². The summed E-state index contributed by atoms with van der Waals surface area (Å²) in [6, 6.07) is 4.00. The second kappa shape index (κ2) is 7.58. The van der Waals surface area contributed by atoms with Crippen LogP contribution in [0.5, 0.6) is 0 Å². The molecule has 3 amide bonds. The summed E-state index contributed by atoms with van der Waals surface area (Å²) in [6.45, 7) is 3.91. The zero-order valence-electron chi connectivity index (χ0n) is 13.9. The Morgan fingerprint density at radius 3 is 2.58 bits per heavy atom. The Balaban J connectivity index is 2.06. The van der Waals surface area contributed by atoms with Gasteiger partial charge in [-0.05, 0) is 18.1 Å². The average Bonchev–Trinajstić information content (AvgIpc) is 3.01. The van der Waals surface area contributed by atoms with E-state index in [4.69, 9.17) is 10.3 Å². The second-order valence-corrected chi connectivity index (χ2v) is 5.84. The maximum atomic E-state index is 12.5. The Morgan fingerprint density at radius 1 is 1.33 bits per heavy atom. The highest BCUT2D eigenvalue weighted by atomic mass is 16.5. The van der Waals surface area contributed by atoms with E-state index < -0.39 is 12.1 Å². The SMILES string of the molecule is CC(C)[C@H](NC(N)=O)C(=O)N(C)Cc1cc(-c2ccncc2)no1. The molecule has 0 aliphatic rings. The molecule has 8 nitrogen and oxygen atoms in total. The van der Waals surface area contributed by atoms with Crippen molar-refractivity contribution >= 4 is 11.9 Å². The zero-order chi connectivity index (χ0) is 17.7.